The Morgan fingerprint density at radius 3 is 2.66 bits per heavy atom. The number of ether oxygens (including phenoxy) is 2. The molecule has 7 heteroatoms. The lowest BCUT2D eigenvalue weighted by molar-refractivity contribution is -0.139. The first-order valence-electron chi connectivity index (χ1n) is 9.30. The zero-order valence-corrected chi connectivity index (χ0v) is 17.3. The van der Waals surface area contributed by atoms with Crippen LogP contribution in [0.1, 0.15) is 24.1 Å². The Labute approximate surface area is 175 Å². The van der Waals surface area contributed by atoms with E-state index in [1.54, 1.807) is 38.2 Å². The Morgan fingerprint density at radius 1 is 1.21 bits per heavy atom. The number of urea groups is 1. The van der Waals surface area contributed by atoms with Crippen molar-refractivity contribution in [2.45, 2.75) is 19.9 Å². The van der Waals surface area contributed by atoms with Crippen LogP contribution >= 0.6 is 11.6 Å². The molecule has 1 atom stereocenters. The lowest BCUT2D eigenvalue weighted by Crippen LogP contribution is -2.48. The highest BCUT2D eigenvalue weighted by Crippen LogP contribution is 2.32. The second-order valence-electron chi connectivity index (χ2n) is 6.66. The summed E-state index contributed by atoms with van der Waals surface area (Å²) in [4.78, 5) is 26.9. The van der Waals surface area contributed by atoms with E-state index in [1.165, 1.54) is 4.90 Å². The van der Waals surface area contributed by atoms with E-state index in [2.05, 4.69) is 5.32 Å². The molecule has 0 unspecified atom stereocenters. The monoisotopic (exact) mass is 414 g/mol. The molecular formula is C22H23ClN2O4. The molecule has 0 radical (unpaired) electrons. The van der Waals surface area contributed by atoms with Crippen molar-refractivity contribution in [3.8, 4) is 5.75 Å². The molecule has 1 N–H and O–H groups in total. The Bertz CT molecular complexity index is 957. The summed E-state index contributed by atoms with van der Waals surface area (Å²) in [5.74, 6) is -0.0278. The van der Waals surface area contributed by atoms with Gasteiger partial charge < -0.3 is 14.8 Å². The molecule has 0 bridgehead atoms. The minimum atomic E-state index is -0.637. The number of amides is 2. The van der Waals surface area contributed by atoms with Gasteiger partial charge in [0.05, 0.1) is 28.9 Å². The third-order valence-corrected chi connectivity index (χ3v) is 4.96. The number of aryl methyl sites for hydroxylation is 1. The maximum atomic E-state index is 12.9. The molecule has 6 nitrogen and oxygen atoms in total. The number of nitrogens with zero attached hydrogens (tertiary/aromatic N) is 1. The van der Waals surface area contributed by atoms with Gasteiger partial charge in [0.2, 0.25) is 0 Å². The molecule has 3 rings (SSSR count). The first kappa shape index (κ1) is 20.7. The summed E-state index contributed by atoms with van der Waals surface area (Å²) in [6.07, 6.45) is 0. The first-order chi connectivity index (χ1) is 13.9. The molecule has 1 aliphatic rings. The zero-order chi connectivity index (χ0) is 21.0. The van der Waals surface area contributed by atoms with E-state index in [4.69, 9.17) is 21.1 Å². The van der Waals surface area contributed by atoms with E-state index in [-0.39, 0.29) is 19.2 Å². The van der Waals surface area contributed by atoms with Gasteiger partial charge >= 0.3 is 12.0 Å². The Hall–Kier alpha value is -2.99. The van der Waals surface area contributed by atoms with Gasteiger partial charge in [-0.2, -0.15) is 0 Å². The predicted octanol–water partition coefficient (Wildman–Crippen LogP) is 4.24. The number of para-hydroxylation sites is 1. The largest absolute Gasteiger partial charge is 0.486 e. The third-order valence-electron chi connectivity index (χ3n) is 4.65. The normalized spacial score (nSPS) is 16.5. The van der Waals surface area contributed by atoms with Gasteiger partial charge in [0, 0.05) is 7.05 Å². The van der Waals surface area contributed by atoms with Gasteiger partial charge in [-0.05, 0) is 31.5 Å². The number of rotatable bonds is 6. The zero-order valence-electron chi connectivity index (χ0n) is 16.6. The van der Waals surface area contributed by atoms with Crippen molar-refractivity contribution in [2.75, 3.05) is 20.3 Å². The van der Waals surface area contributed by atoms with Crippen molar-refractivity contribution in [1.29, 1.82) is 0 Å². The summed E-state index contributed by atoms with van der Waals surface area (Å²) in [7, 11) is 1.59. The molecule has 2 aromatic rings. The van der Waals surface area contributed by atoms with E-state index in [0.29, 0.717) is 22.0 Å². The minimum Gasteiger partial charge on any atom is -0.486 e. The van der Waals surface area contributed by atoms with Gasteiger partial charge in [0.15, 0.2) is 0 Å². The summed E-state index contributed by atoms with van der Waals surface area (Å²) in [5.41, 5.74) is 2.59. The molecule has 0 aliphatic carbocycles. The van der Waals surface area contributed by atoms with Crippen molar-refractivity contribution in [2.24, 2.45) is 0 Å². The van der Waals surface area contributed by atoms with E-state index in [1.807, 2.05) is 31.2 Å². The fourth-order valence-corrected chi connectivity index (χ4v) is 3.38. The van der Waals surface area contributed by atoms with Crippen molar-refractivity contribution < 1.29 is 19.1 Å². The Balaban J connectivity index is 2.05. The van der Waals surface area contributed by atoms with Crippen molar-refractivity contribution in [1.82, 2.24) is 10.2 Å². The second-order valence-corrected chi connectivity index (χ2v) is 7.06. The third kappa shape index (κ3) is 4.54. The van der Waals surface area contributed by atoms with Crippen LogP contribution in [0.3, 0.4) is 0 Å². The molecule has 2 aromatic carbocycles. The molecule has 1 aliphatic heterocycles. The molecule has 29 heavy (non-hydrogen) atoms. The van der Waals surface area contributed by atoms with Gasteiger partial charge in [-0.3, -0.25) is 4.90 Å². The molecule has 2 amide bonds. The van der Waals surface area contributed by atoms with Gasteiger partial charge in [-0.1, -0.05) is 53.6 Å². The maximum absolute atomic E-state index is 12.9. The summed E-state index contributed by atoms with van der Waals surface area (Å²) >= 11 is 6.17. The molecule has 0 spiro atoms. The topological polar surface area (TPSA) is 67.9 Å². The van der Waals surface area contributed by atoms with Crippen LogP contribution < -0.4 is 10.1 Å². The molecule has 0 fully saturated rings. The highest BCUT2D eigenvalue weighted by atomic mass is 35.5. The number of esters is 1. The Kier molecular flexibility index (Phi) is 6.44. The maximum Gasteiger partial charge on any atom is 0.338 e. The molecule has 0 saturated carbocycles. The number of hydrogen-bond donors (Lipinski definition) is 1. The van der Waals surface area contributed by atoms with E-state index in [0.717, 1.165) is 11.1 Å². The van der Waals surface area contributed by atoms with Crippen LogP contribution in [0.15, 0.2) is 59.8 Å². The predicted molar refractivity (Wildman–Crippen MR) is 111 cm³/mol. The number of nitrogens with one attached hydrogen (secondary N) is 1. The van der Waals surface area contributed by atoms with Gasteiger partial charge in [-0.25, -0.2) is 9.59 Å². The van der Waals surface area contributed by atoms with E-state index >= 15 is 0 Å². The van der Waals surface area contributed by atoms with Crippen LogP contribution in [0.4, 0.5) is 4.79 Å². The fourth-order valence-electron chi connectivity index (χ4n) is 3.19. The van der Waals surface area contributed by atoms with Crippen LogP contribution in [0.25, 0.3) is 0 Å². The molecular weight excluding hydrogens is 392 g/mol. The molecule has 0 saturated heterocycles. The van der Waals surface area contributed by atoms with Gasteiger partial charge in [-0.15, -0.1) is 0 Å². The average molecular weight is 415 g/mol. The van der Waals surface area contributed by atoms with E-state index in [9.17, 15) is 9.59 Å². The quantitative estimate of drug-likeness (QED) is 0.718. The summed E-state index contributed by atoms with van der Waals surface area (Å²) in [6.45, 7) is 3.91. The lowest BCUT2D eigenvalue weighted by atomic mass is 9.94. The SMILES string of the molecule is CCOC(=O)C1=C(COc2ccccc2Cl)N(C)C(=O)N[C@@H]1c1cccc(C)c1. The van der Waals surface area contributed by atoms with Crippen molar-refractivity contribution in [3.05, 3.63) is 76.0 Å². The number of likely N-dealkylation sites (N-methyl/N-ethyl adjacent to an activating group) is 1. The lowest BCUT2D eigenvalue weighted by Gasteiger charge is -2.34. The molecule has 152 valence electrons. The highest BCUT2D eigenvalue weighted by Gasteiger charge is 2.37. The number of hydrogen-bond acceptors (Lipinski definition) is 4. The van der Waals surface area contributed by atoms with Crippen molar-refractivity contribution >= 4 is 23.6 Å². The first-order valence-corrected chi connectivity index (χ1v) is 9.68. The number of carbonyl (C=O) groups is 2. The average Bonchev–Trinajstić information content (AvgIpc) is 2.70. The summed E-state index contributed by atoms with van der Waals surface area (Å²) in [5, 5.41) is 3.33. The van der Waals surface area contributed by atoms with Crippen molar-refractivity contribution in [3.63, 3.8) is 0 Å². The highest BCUT2D eigenvalue weighted by molar-refractivity contribution is 6.32. The van der Waals surface area contributed by atoms with Gasteiger partial charge in [0.1, 0.15) is 12.4 Å². The van der Waals surface area contributed by atoms with Crippen LogP contribution in [0.2, 0.25) is 5.02 Å². The van der Waals surface area contributed by atoms with Crippen LogP contribution in [-0.4, -0.2) is 37.2 Å². The van der Waals surface area contributed by atoms with Gasteiger partial charge in [0.25, 0.3) is 0 Å². The Morgan fingerprint density at radius 2 is 1.97 bits per heavy atom. The molecule has 0 aromatic heterocycles. The fraction of sp³-hybridized carbons (Fsp3) is 0.273. The van der Waals surface area contributed by atoms with Crippen LogP contribution in [0.5, 0.6) is 5.75 Å². The summed E-state index contributed by atoms with van der Waals surface area (Å²) in [6, 6.07) is 13.7. The number of carbonyl (C=O) groups excluding carboxylic acids is 2. The van der Waals surface area contributed by atoms with E-state index < -0.39 is 12.0 Å². The van der Waals surface area contributed by atoms with Crippen LogP contribution in [-0.2, 0) is 9.53 Å². The number of benzene rings is 2. The standard InChI is InChI=1S/C22H23ClN2O4/c1-4-28-21(26)19-17(13-29-18-11-6-5-10-16(18)23)25(3)22(27)24-20(19)15-9-7-8-14(2)12-15/h5-12,20H,4,13H2,1-3H3,(H,24,27)/t20-/m1/s1. The minimum absolute atomic E-state index is 0.00980. The molecule has 1 heterocycles. The van der Waals surface area contributed by atoms with Crippen LogP contribution in [0, 0.1) is 6.92 Å². The smallest absolute Gasteiger partial charge is 0.338 e. The summed E-state index contributed by atoms with van der Waals surface area (Å²) < 4.78 is 11.1. The number of halogens is 1. The second kappa shape index (κ2) is 9.01.